The van der Waals surface area contributed by atoms with Gasteiger partial charge >= 0.3 is 5.97 Å². The summed E-state index contributed by atoms with van der Waals surface area (Å²) in [6, 6.07) is 9.02. The van der Waals surface area contributed by atoms with Gasteiger partial charge in [-0.2, -0.15) is 0 Å². The van der Waals surface area contributed by atoms with Crippen LogP contribution in [0.3, 0.4) is 0 Å². The maximum atomic E-state index is 12.8. The molecule has 0 bridgehead atoms. The predicted molar refractivity (Wildman–Crippen MR) is 115 cm³/mol. The van der Waals surface area contributed by atoms with Crippen LogP contribution in [0.5, 0.6) is 5.75 Å². The second kappa shape index (κ2) is 9.62. The number of rotatable bonds is 7. The van der Waals surface area contributed by atoms with Gasteiger partial charge in [0.05, 0.1) is 30.9 Å². The second-order valence-corrected chi connectivity index (χ2v) is 7.78. The second-order valence-electron chi connectivity index (χ2n) is 6.65. The lowest BCUT2D eigenvalue weighted by molar-refractivity contribution is -0.127. The van der Waals surface area contributed by atoms with Gasteiger partial charge < -0.3 is 25.0 Å². The first-order chi connectivity index (χ1) is 14.5. The van der Waals surface area contributed by atoms with Crippen molar-refractivity contribution in [3.63, 3.8) is 0 Å². The topological polar surface area (TPSA) is 97.0 Å². The van der Waals surface area contributed by atoms with Gasteiger partial charge in [0.1, 0.15) is 10.8 Å². The summed E-state index contributed by atoms with van der Waals surface area (Å²) in [5, 5.41) is 5.89. The zero-order valence-corrected chi connectivity index (χ0v) is 18.0. The van der Waals surface area contributed by atoms with E-state index in [0.717, 1.165) is 17.0 Å². The number of thiophene rings is 1. The third kappa shape index (κ3) is 4.73. The van der Waals surface area contributed by atoms with Gasteiger partial charge in [-0.05, 0) is 31.5 Å². The maximum absolute atomic E-state index is 12.8. The molecule has 3 rings (SSSR count). The summed E-state index contributed by atoms with van der Waals surface area (Å²) in [6.07, 6.45) is 0.0265. The summed E-state index contributed by atoms with van der Waals surface area (Å²) in [7, 11) is 1.54. The normalized spacial score (nSPS) is 15.0. The number of carbonyl (C=O) groups is 3. The van der Waals surface area contributed by atoms with Crippen LogP contribution in [-0.4, -0.2) is 50.6 Å². The zero-order valence-electron chi connectivity index (χ0n) is 17.2. The standard InChI is InChI=1S/C21H25N3O5S/c1-4-13-10-14(21(27)28-5-2)20(30-13)23-18(25)12-24-11-17(19(26)22-3)29-16-9-7-6-8-15(16)24/h6-10,17H,4-5,11-12H2,1-3H3,(H,22,26)(H,23,25). The predicted octanol–water partition coefficient (Wildman–Crippen LogP) is 2.44. The van der Waals surface area contributed by atoms with Crippen LogP contribution in [0.2, 0.25) is 0 Å². The van der Waals surface area contributed by atoms with Crippen molar-refractivity contribution in [3.05, 3.63) is 40.8 Å². The SMILES string of the molecule is CCOC(=O)c1cc(CC)sc1NC(=O)CN1CC(C(=O)NC)Oc2ccccc21. The minimum absolute atomic E-state index is 0.00942. The Hall–Kier alpha value is -3.07. The first-order valence-electron chi connectivity index (χ1n) is 9.78. The Balaban J connectivity index is 1.78. The van der Waals surface area contributed by atoms with Gasteiger partial charge in [-0.1, -0.05) is 19.1 Å². The van der Waals surface area contributed by atoms with Crippen molar-refractivity contribution in [1.82, 2.24) is 5.32 Å². The molecule has 1 aliphatic heterocycles. The average molecular weight is 432 g/mol. The van der Waals surface area contributed by atoms with E-state index in [1.54, 1.807) is 31.0 Å². The fourth-order valence-corrected chi connectivity index (χ4v) is 4.16. The van der Waals surface area contributed by atoms with Crippen molar-refractivity contribution in [2.24, 2.45) is 0 Å². The molecule has 0 fully saturated rings. The number of hydrogen-bond donors (Lipinski definition) is 2. The highest BCUT2D eigenvalue weighted by Crippen LogP contribution is 2.33. The van der Waals surface area contributed by atoms with Crippen LogP contribution in [-0.2, 0) is 20.7 Å². The molecule has 2 heterocycles. The highest BCUT2D eigenvalue weighted by Gasteiger charge is 2.31. The maximum Gasteiger partial charge on any atom is 0.341 e. The molecular formula is C21H25N3O5S. The smallest absolute Gasteiger partial charge is 0.341 e. The van der Waals surface area contributed by atoms with Gasteiger partial charge in [0, 0.05) is 11.9 Å². The van der Waals surface area contributed by atoms with E-state index < -0.39 is 12.1 Å². The molecule has 1 aromatic carbocycles. The molecule has 1 atom stereocenters. The van der Waals surface area contributed by atoms with E-state index in [2.05, 4.69) is 10.6 Å². The van der Waals surface area contributed by atoms with Gasteiger partial charge in [0.25, 0.3) is 5.91 Å². The average Bonchev–Trinajstić information content (AvgIpc) is 3.16. The zero-order chi connectivity index (χ0) is 21.7. The third-order valence-corrected chi connectivity index (χ3v) is 5.81. The summed E-state index contributed by atoms with van der Waals surface area (Å²) in [6.45, 7) is 4.22. The molecule has 160 valence electrons. The number of ether oxygens (including phenoxy) is 2. The largest absolute Gasteiger partial charge is 0.477 e. The first kappa shape index (κ1) is 21.6. The molecule has 30 heavy (non-hydrogen) atoms. The summed E-state index contributed by atoms with van der Waals surface area (Å²) >= 11 is 1.36. The van der Waals surface area contributed by atoms with Crippen LogP contribution in [0.15, 0.2) is 30.3 Å². The first-order valence-corrected chi connectivity index (χ1v) is 10.6. The number of benzene rings is 1. The molecule has 1 aliphatic rings. The highest BCUT2D eigenvalue weighted by atomic mass is 32.1. The number of nitrogens with zero attached hydrogens (tertiary/aromatic N) is 1. The van der Waals surface area contributed by atoms with E-state index in [4.69, 9.17) is 9.47 Å². The van der Waals surface area contributed by atoms with Crippen molar-refractivity contribution in [3.8, 4) is 5.75 Å². The molecular weight excluding hydrogens is 406 g/mol. The number of likely N-dealkylation sites (N-methyl/N-ethyl adjacent to an activating group) is 1. The van der Waals surface area contributed by atoms with Gasteiger partial charge in [-0.25, -0.2) is 4.79 Å². The Labute approximate surface area is 179 Å². The van der Waals surface area contributed by atoms with E-state index in [-0.39, 0.29) is 31.5 Å². The van der Waals surface area contributed by atoms with E-state index in [1.165, 1.54) is 11.3 Å². The molecule has 2 aromatic rings. The van der Waals surface area contributed by atoms with E-state index >= 15 is 0 Å². The minimum Gasteiger partial charge on any atom is -0.477 e. The molecule has 9 heteroatoms. The van der Waals surface area contributed by atoms with Gasteiger partial charge in [-0.15, -0.1) is 11.3 Å². The molecule has 0 saturated heterocycles. The number of anilines is 2. The number of amides is 2. The highest BCUT2D eigenvalue weighted by molar-refractivity contribution is 7.16. The Morgan fingerprint density at radius 3 is 2.73 bits per heavy atom. The van der Waals surface area contributed by atoms with Gasteiger partial charge in [-0.3, -0.25) is 9.59 Å². The molecule has 0 spiro atoms. The number of para-hydroxylation sites is 2. The summed E-state index contributed by atoms with van der Waals surface area (Å²) in [4.78, 5) is 39.9. The van der Waals surface area contributed by atoms with Crippen molar-refractivity contribution in [1.29, 1.82) is 0 Å². The number of fused-ring (bicyclic) bond motifs is 1. The van der Waals surface area contributed by atoms with Crippen LogP contribution >= 0.6 is 11.3 Å². The van der Waals surface area contributed by atoms with Crippen LogP contribution in [0.25, 0.3) is 0 Å². The van der Waals surface area contributed by atoms with E-state index in [9.17, 15) is 14.4 Å². The molecule has 0 saturated carbocycles. The lowest BCUT2D eigenvalue weighted by Gasteiger charge is -2.34. The Morgan fingerprint density at radius 2 is 2.03 bits per heavy atom. The Morgan fingerprint density at radius 1 is 1.27 bits per heavy atom. The van der Waals surface area contributed by atoms with E-state index in [1.807, 2.05) is 25.1 Å². The quantitative estimate of drug-likeness (QED) is 0.654. The minimum atomic E-state index is -0.721. The summed E-state index contributed by atoms with van der Waals surface area (Å²) < 4.78 is 10.9. The number of hydrogen-bond acceptors (Lipinski definition) is 7. The fraction of sp³-hybridized carbons (Fsp3) is 0.381. The van der Waals surface area contributed by atoms with Crippen molar-refractivity contribution < 1.29 is 23.9 Å². The fourth-order valence-electron chi connectivity index (χ4n) is 3.16. The van der Waals surface area contributed by atoms with E-state index in [0.29, 0.717) is 16.3 Å². The summed E-state index contributed by atoms with van der Waals surface area (Å²) in [5.74, 6) is -0.468. The lowest BCUT2D eigenvalue weighted by atomic mass is 10.1. The number of nitrogens with one attached hydrogen (secondary N) is 2. The Kier molecular flexibility index (Phi) is 6.94. The van der Waals surface area contributed by atoms with Crippen molar-refractivity contribution in [2.75, 3.05) is 37.0 Å². The molecule has 0 radical (unpaired) electrons. The molecule has 8 nitrogen and oxygen atoms in total. The molecule has 2 amide bonds. The van der Waals surface area contributed by atoms with Crippen LogP contribution in [0.4, 0.5) is 10.7 Å². The van der Waals surface area contributed by atoms with Crippen molar-refractivity contribution in [2.45, 2.75) is 26.4 Å². The third-order valence-electron chi connectivity index (χ3n) is 4.61. The number of esters is 1. The number of aryl methyl sites for hydroxylation is 1. The summed E-state index contributed by atoms with van der Waals surface area (Å²) in [5.41, 5.74) is 1.09. The molecule has 1 aromatic heterocycles. The molecule has 0 aliphatic carbocycles. The monoisotopic (exact) mass is 431 g/mol. The van der Waals surface area contributed by atoms with Crippen molar-refractivity contribution >= 4 is 39.8 Å². The van der Waals surface area contributed by atoms with Crippen LogP contribution < -0.4 is 20.3 Å². The number of carbonyl (C=O) groups excluding carboxylic acids is 3. The van der Waals surface area contributed by atoms with Gasteiger partial charge in [0.2, 0.25) is 5.91 Å². The Bertz CT molecular complexity index is 942. The van der Waals surface area contributed by atoms with Gasteiger partial charge in [0.15, 0.2) is 6.10 Å². The molecule has 1 unspecified atom stereocenters. The molecule has 2 N–H and O–H groups in total. The van der Waals surface area contributed by atoms with Crippen LogP contribution in [0.1, 0.15) is 29.1 Å². The van der Waals surface area contributed by atoms with Crippen LogP contribution in [0, 0.1) is 0 Å². The lowest BCUT2D eigenvalue weighted by Crippen LogP contribution is -2.50.